The van der Waals surface area contributed by atoms with Crippen molar-refractivity contribution in [2.24, 2.45) is 0 Å². The lowest BCUT2D eigenvalue weighted by Crippen LogP contribution is -1.91. The van der Waals surface area contributed by atoms with Gasteiger partial charge < -0.3 is 9.47 Å². The van der Waals surface area contributed by atoms with E-state index < -0.39 is 4.92 Å². The van der Waals surface area contributed by atoms with Gasteiger partial charge in [-0.05, 0) is 19.1 Å². The third kappa shape index (κ3) is 2.77. The van der Waals surface area contributed by atoms with Crippen LogP contribution in [0.5, 0.6) is 16.6 Å². The second-order valence-corrected chi connectivity index (χ2v) is 4.86. The van der Waals surface area contributed by atoms with Crippen molar-refractivity contribution in [1.29, 1.82) is 0 Å². The fourth-order valence-corrected chi connectivity index (χ4v) is 2.43. The van der Waals surface area contributed by atoms with E-state index >= 15 is 0 Å². The molecule has 104 valence electrons. The molecule has 0 unspecified atom stereocenters. The van der Waals surface area contributed by atoms with E-state index in [1.165, 1.54) is 20.1 Å². The molecule has 0 amide bonds. The summed E-state index contributed by atoms with van der Waals surface area (Å²) in [7, 11) is 1.48. The molecule has 0 aliphatic rings. The molecule has 0 saturated heterocycles. The fourth-order valence-electron chi connectivity index (χ4n) is 1.54. The van der Waals surface area contributed by atoms with Gasteiger partial charge in [0.2, 0.25) is 0 Å². The Bertz CT molecular complexity index is 665. The normalized spacial score (nSPS) is 10.1. The highest BCUT2D eigenvalue weighted by Gasteiger charge is 2.23. The average Bonchev–Trinajstić information content (AvgIpc) is 2.84. The maximum atomic E-state index is 11.3. The first-order valence-corrected chi connectivity index (χ1v) is 6.44. The summed E-state index contributed by atoms with van der Waals surface area (Å²) in [5.41, 5.74) is -0.230. The summed E-state index contributed by atoms with van der Waals surface area (Å²) in [6.07, 6.45) is 0. The SMILES string of the molecule is COc1ccccc1Oc1sc(C(C)=O)cc1[N+](=O)[O-]. The lowest BCUT2D eigenvalue weighted by Gasteiger charge is -2.07. The smallest absolute Gasteiger partial charge is 0.323 e. The van der Waals surface area contributed by atoms with E-state index in [0.29, 0.717) is 11.5 Å². The summed E-state index contributed by atoms with van der Waals surface area (Å²) in [6.45, 7) is 1.35. The van der Waals surface area contributed by atoms with Gasteiger partial charge in [-0.15, -0.1) is 0 Å². The largest absolute Gasteiger partial charge is 0.493 e. The molecule has 0 aliphatic heterocycles. The number of Topliss-reactive ketones (excluding diaryl/α,β-unsaturated/α-hetero) is 1. The van der Waals surface area contributed by atoms with Crippen LogP contribution >= 0.6 is 11.3 Å². The van der Waals surface area contributed by atoms with E-state index in [2.05, 4.69) is 0 Å². The molecule has 6 nitrogen and oxygen atoms in total. The summed E-state index contributed by atoms with van der Waals surface area (Å²) in [5.74, 6) is 0.572. The summed E-state index contributed by atoms with van der Waals surface area (Å²) >= 11 is 0.941. The molecule has 1 aromatic heterocycles. The molecule has 0 fully saturated rings. The highest BCUT2D eigenvalue weighted by molar-refractivity contribution is 7.16. The predicted molar refractivity (Wildman–Crippen MR) is 74.0 cm³/mol. The van der Waals surface area contributed by atoms with E-state index in [1.807, 2.05) is 0 Å². The van der Waals surface area contributed by atoms with Crippen molar-refractivity contribution < 1.29 is 19.2 Å². The molecular weight excluding hydrogens is 282 g/mol. The number of rotatable bonds is 5. The quantitative estimate of drug-likeness (QED) is 0.477. The first-order chi connectivity index (χ1) is 9.52. The minimum absolute atomic E-state index is 0.0599. The van der Waals surface area contributed by atoms with Gasteiger partial charge >= 0.3 is 5.69 Å². The third-order valence-corrected chi connectivity index (χ3v) is 3.60. The number of hydrogen-bond acceptors (Lipinski definition) is 6. The van der Waals surface area contributed by atoms with E-state index in [4.69, 9.17) is 9.47 Å². The van der Waals surface area contributed by atoms with Gasteiger partial charge in [-0.25, -0.2) is 0 Å². The maximum Gasteiger partial charge on any atom is 0.323 e. The lowest BCUT2D eigenvalue weighted by molar-refractivity contribution is -0.385. The Hall–Kier alpha value is -2.41. The zero-order valence-electron chi connectivity index (χ0n) is 10.8. The van der Waals surface area contributed by atoms with Crippen molar-refractivity contribution in [3.05, 3.63) is 45.3 Å². The van der Waals surface area contributed by atoms with Gasteiger partial charge in [0.05, 0.1) is 16.9 Å². The van der Waals surface area contributed by atoms with Crippen molar-refractivity contribution in [3.63, 3.8) is 0 Å². The topological polar surface area (TPSA) is 78.7 Å². The van der Waals surface area contributed by atoms with Gasteiger partial charge in [-0.2, -0.15) is 0 Å². The molecule has 2 aromatic rings. The Labute approximate surface area is 118 Å². The van der Waals surface area contributed by atoms with Crippen molar-refractivity contribution in [3.8, 4) is 16.6 Å². The second kappa shape index (κ2) is 5.70. The number of ketones is 1. The molecular formula is C13H11NO5S. The minimum atomic E-state index is -0.576. The van der Waals surface area contributed by atoms with Crippen LogP contribution in [-0.2, 0) is 0 Å². The monoisotopic (exact) mass is 293 g/mol. The minimum Gasteiger partial charge on any atom is -0.493 e. The Morgan fingerprint density at radius 1 is 1.30 bits per heavy atom. The number of benzene rings is 1. The van der Waals surface area contributed by atoms with Crippen LogP contribution in [-0.4, -0.2) is 17.8 Å². The Kier molecular flexibility index (Phi) is 3.99. The van der Waals surface area contributed by atoms with E-state index in [-0.39, 0.29) is 21.4 Å². The standard InChI is InChI=1S/C13H11NO5S/c1-8(15)12-7-9(14(16)17)13(20-12)19-11-6-4-3-5-10(11)18-2/h3-7H,1-2H3. The number of nitrogens with zero attached hydrogens (tertiary/aromatic N) is 1. The van der Waals surface area contributed by atoms with Crippen LogP contribution in [0.25, 0.3) is 0 Å². The van der Waals surface area contributed by atoms with Gasteiger partial charge in [0.25, 0.3) is 5.06 Å². The molecule has 20 heavy (non-hydrogen) atoms. The predicted octanol–water partition coefficient (Wildman–Crippen LogP) is 3.66. The van der Waals surface area contributed by atoms with Crippen LogP contribution in [0.4, 0.5) is 5.69 Å². The van der Waals surface area contributed by atoms with Crippen LogP contribution in [0.3, 0.4) is 0 Å². The van der Waals surface area contributed by atoms with Gasteiger partial charge in [-0.3, -0.25) is 14.9 Å². The second-order valence-electron chi connectivity index (χ2n) is 3.85. The molecule has 0 radical (unpaired) electrons. The molecule has 0 spiro atoms. The number of carbonyl (C=O) groups excluding carboxylic acids is 1. The molecule has 2 rings (SSSR count). The first kappa shape index (κ1) is 14.0. The van der Waals surface area contributed by atoms with E-state index in [0.717, 1.165) is 11.3 Å². The third-order valence-electron chi connectivity index (χ3n) is 2.50. The van der Waals surface area contributed by atoms with Crippen molar-refractivity contribution in [2.75, 3.05) is 7.11 Å². The number of ether oxygens (including phenoxy) is 2. The average molecular weight is 293 g/mol. The number of nitro groups is 1. The molecule has 0 aliphatic carbocycles. The Balaban J connectivity index is 2.42. The number of para-hydroxylation sites is 2. The van der Waals surface area contributed by atoms with Crippen molar-refractivity contribution >= 4 is 22.8 Å². The summed E-state index contributed by atoms with van der Waals surface area (Å²) in [6, 6.07) is 8.02. The summed E-state index contributed by atoms with van der Waals surface area (Å²) < 4.78 is 10.6. The number of thiophene rings is 1. The van der Waals surface area contributed by atoms with Gasteiger partial charge in [0.15, 0.2) is 17.3 Å². The van der Waals surface area contributed by atoms with Gasteiger partial charge in [0, 0.05) is 6.07 Å². The summed E-state index contributed by atoms with van der Waals surface area (Å²) in [5, 5.41) is 11.1. The van der Waals surface area contributed by atoms with Crippen molar-refractivity contribution in [1.82, 2.24) is 0 Å². The molecule has 1 heterocycles. The molecule has 7 heteroatoms. The fraction of sp³-hybridized carbons (Fsp3) is 0.154. The number of methoxy groups -OCH3 is 1. The Morgan fingerprint density at radius 2 is 1.95 bits per heavy atom. The molecule has 0 saturated carbocycles. The zero-order chi connectivity index (χ0) is 14.7. The van der Waals surface area contributed by atoms with Crippen LogP contribution in [0, 0.1) is 10.1 Å². The maximum absolute atomic E-state index is 11.3. The van der Waals surface area contributed by atoms with Crippen LogP contribution in [0.15, 0.2) is 30.3 Å². The van der Waals surface area contributed by atoms with Crippen LogP contribution in [0.2, 0.25) is 0 Å². The van der Waals surface area contributed by atoms with Gasteiger partial charge in [-0.1, -0.05) is 23.5 Å². The first-order valence-electron chi connectivity index (χ1n) is 5.63. The highest BCUT2D eigenvalue weighted by Crippen LogP contribution is 2.42. The molecule has 0 atom stereocenters. The highest BCUT2D eigenvalue weighted by atomic mass is 32.1. The number of carbonyl (C=O) groups is 1. The lowest BCUT2D eigenvalue weighted by atomic mass is 10.3. The van der Waals surface area contributed by atoms with Crippen molar-refractivity contribution in [2.45, 2.75) is 6.92 Å². The number of hydrogen-bond donors (Lipinski definition) is 0. The van der Waals surface area contributed by atoms with Crippen LogP contribution in [0.1, 0.15) is 16.6 Å². The Morgan fingerprint density at radius 3 is 2.50 bits per heavy atom. The zero-order valence-corrected chi connectivity index (χ0v) is 11.6. The van der Waals surface area contributed by atoms with Gasteiger partial charge in [0.1, 0.15) is 0 Å². The molecule has 1 aromatic carbocycles. The molecule has 0 bridgehead atoms. The summed E-state index contributed by atoms with van der Waals surface area (Å²) in [4.78, 5) is 22.0. The van der Waals surface area contributed by atoms with E-state index in [1.54, 1.807) is 24.3 Å². The van der Waals surface area contributed by atoms with Crippen LogP contribution < -0.4 is 9.47 Å². The molecule has 0 N–H and O–H groups in total. The van der Waals surface area contributed by atoms with E-state index in [9.17, 15) is 14.9 Å².